The van der Waals surface area contributed by atoms with Gasteiger partial charge in [-0.3, -0.25) is 0 Å². The van der Waals surface area contributed by atoms with Gasteiger partial charge in [-0.05, 0) is 86.8 Å². The molecular weight excluding hydrogens is 320 g/mol. The van der Waals surface area contributed by atoms with Gasteiger partial charge in [0.1, 0.15) is 5.75 Å². The minimum Gasteiger partial charge on any atom is -0.508 e. The molecule has 4 aliphatic carbocycles. The van der Waals surface area contributed by atoms with Crippen LogP contribution in [0.3, 0.4) is 0 Å². The Hall–Kier alpha value is -2.16. The molecule has 4 fully saturated rings. The lowest BCUT2D eigenvalue weighted by Crippen LogP contribution is -2.48. The first-order valence-corrected chi connectivity index (χ1v) is 9.94. The third kappa shape index (κ3) is 2.56. The molecule has 1 aromatic heterocycles. The van der Waals surface area contributed by atoms with Gasteiger partial charge in [-0.15, -0.1) is 0 Å². The highest BCUT2D eigenvalue weighted by atomic mass is 16.3. The molecule has 6 rings (SSSR count). The van der Waals surface area contributed by atoms with Crippen LogP contribution in [0.5, 0.6) is 5.75 Å². The average molecular weight is 346 g/mol. The monoisotopic (exact) mass is 346 g/mol. The summed E-state index contributed by atoms with van der Waals surface area (Å²) in [5, 5.41) is 10.7. The number of nitrogens with zero attached hydrogens (tertiary/aromatic N) is 2. The molecule has 0 saturated heterocycles. The Balaban J connectivity index is 1.53. The van der Waals surface area contributed by atoms with E-state index >= 15 is 0 Å². The van der Waals surface area contributed by atoms with Crippen LogP contribution in [0.25, 0.3) is 17.5 Å². The van der Waals surface area contributed by atoms with E-state index in [1.165, 1.54) is 38.5 Å². The molecule has 0 spiro atoms. The van der Waals surface area contributed by atoms with Crippen molar-refractivity contribution in [1.82, 2.24) is 9.97 Å². The van der Waals surface area contributed by atoms with Gasteiger partial charge in [0.25, 0.3) is 0 Å². The predicted octanol–water partition coefficient (Wildman–Crippen LogP) is 5.35. The second-order valence-corrected chi connectivity index (χ2v) is 8.77. The number of phenolic OH excluding ortho intramolecular Hbond substituents is 1. The summed E-state index contributed by atoms with van der Waals surface area (Å²) < 4.78 is 0. The van der Waals surface area contributed by atoms with Gasteiger partial charge < -0.3 is 5.11 Å². The van der Waals surface area contributed by atoms with Gasteiger partial charge in [-0.2, -0.15) is 0 Å². The molecule has 0 unspecified atom stereocenters. The van der Waals surface area contributed by atoms with Gasteiger partial charge in [0, 0.05) is 29.1 Å². The Morgan fingerprint density at radius 3 is 2.19 bits per heavy atom. The standard InChI is InChI=1S/C23H26N2O/c1-2-3-15-13-24-22(25-14-15)19-4-5-21(26)20(9-19)23-10-16-6-17(11-23)8-18(7-16)12-23/h2-5,9,13-14,16-18,26H,6-8,10-12H2,1H3/b3-2+. The Kier molecular flexibility index (Phi) is 3.66. The lowest BCUT2D eigenvalue weighted by molar-refractivity contribution is -0.00611. The summed E-state index contributed by atoms with van der Waals surface area (Å²) in [5.74, 6) is 3.78. The van der Waals surface area contributed by atoms with Crippen LogP contribution in [0.15, 0.2) is 36.7 Å². The molecule has 0 radical (unpaired) electrons. The van der Waals surface area contributed by atoms with Crippen molar-refractivity contribution in [2.75, 3.05) is 0 Å². The minimum absolute atomic E-state index is 0.180. The number of benzene rings is 1. The molecule has 4 bridgehead atoms. The van der Waals surface area contributed by atoms with Gasteiger partial charge in [0.2, 0.25) is 0 Å². The summed E-state index contributed by atoms with van der Waals surface area (Å²) in [4.78, 5) is 9.08. The maximum Gasteiger partial charge on any atom is 0.159 e. The topological polar surface area (TPSA) is 46.0 Å². The second kappa shape index (κ2) is 5.94. The number of rotatable bonds is 3. The highest BCUT2D eigenvalue weighted by Crippen LogP contribution is 2.61. The van der Waals surface area contributed by atoms with Crippen molar-refractivity contribution in [3.05, 3.63) is 47.8 Å². The van der Waals surface area contributed by atoms with Crippen molar-refractivity contribution in [1.29, 1.82) is 0 Å². The molecular formula is C23H26N2O. The van der Waals surface area contributed by atoms with E-state index in [0.717, 1.165) is 40.3 Å². The number of aromatic nitrogens is 2. The van der Waals surface area contributed by atoms with Crippen LogP contribution in [0.2, 0.25) is 0 Å². The summed E-state index contributed by atoms with van der Waals surface area (Å²) in [6.07, 6.45) is 15.7. The van der Waals surface area contributed by atoms with E-state index in [1.807, 2.05) is 43.6 Å². The van der Waals surface area contributed by atoms with Gasteiger partial charge in [0.15, 0.2) is 5.82 Å². The molecule has 1 heterocycles. The number of hydrogen-bond acceptors (Lipinski definition) is 3. The summed E-state index contributed by atoms with van der Waals surface area (Å²) >= 11 is 0. The van der Waals surface area contributed by atoms with Crippen LogP contribution in [0, 0.1) is 17.8 Å². The number of aromatic hydroxyl groups is 1. The molecule has 4 aliphatic rings. The van der Waals surface area contributed by atoms with Crippen molar-refractivity contribution in [3.8, 4) is 17.1 Å². The van der Waals surface area contributed by atoms with Crippen molar-refractivity contribution < 1.29 is 5.11 Å². The van der Waals surface area contributed by atoms with Crippen molar-refractivity contribution >= 4 is 6.08 Å². The third-order valence-corrected chi connectivity index (χ3v) is 6.90. The molecule has 0 aliphatic heterocycles. The summed E-state index contributed by atoms with van der Waals surface area (Å²) in [6, 6.07) is 5.98. The highest BCUT2D eigenvalue weighted by Gasteiger charge is 2.52. The van der Waals surface area contributed by atoms with E-state index in [9.17, 15) is 5.11 Å². The Morgan fingerprint density at radius 2 is 1.62 bits per heavy atom. The summed E-state index contributed by atoms with van der Waals surface area (Å²) in [5.41, 5.74) is 3.35. The number of phenols is 1. The van der Waals surface area contributed by atoms with Crippen LogP contribution in [-0.4, -0.2) is 15.1 Å². The normalized spacial score (nSPS) is 32.4. The molecule has 0 amide bonds. The van der Waals surface area contributed by atoms with Crippen LogP contribution >= 0.6 is 0 Å². The number of allylic oxidation sites excluding steroid dienone is 1. The minimum atomic E-state index is 0.180. The Labute approximate surface area is 155 Å². The van der Waals surface area contributed by atoms with E-state index in [1.54, 1.807) is 0 Å². The molecule has 26 heavy (non-hydrogen) atoms. The van der Waals surface area contributed by atoms with Gasteiger partial charge >= 0.3 is 0 Å². The maximum absolute atomic E-state index is 10.7. The smallest absolute Gasteiger partial charge is 0.159 e. The zero-order chi connectivity index (χ0) is 17.7. The molecule has 3 heteroatoms. The summed E-state index contributed by atoms with van der Waals surface area (Å²) in [7, 11) is 0. The highest BCUT2D eigenvalue weighted by molar-refractivity contribution is 5.61. The fourth-order valence-electron chi connectivity index (χ4n) is 6.31. The van der Waals surface area contributed by atoms with Gasteiger partial charge in [0.05, 0.1) is 0 Å². The van der Waals surface area contributed by atoms with E-state index < -0.39 is 0 Å². The Morgan fingerprint density at radius 1 is 1.00 bits per heavy atom. The SMILES string of the molecule is C/C=C/c1cnc(-c2ccc(O)c(C34CC5CC(CC(C5)C3)C4)c2)nc1. The van der Waals surface area contributed by atoms with Crippen molar-refractivity contribution in [2.24, 2.45) is 17.8 Å². The van der Waals surface area contributed by atoms with Crippen LogP contribution in [0.4, 0.5) is 0 Å². The zero-order valence-corrected chi connectivity index (χ0v) is 15.4. The Bertz CT molecular complexity index is 818. The first-order valence-electron chi connectivity index (χ1n) is 9.94. The molecule has 1 aromatic carbocycles. The number of hydrogen-bond donors (Lipinski definition) is 1. The molecule has 4 saturated carbocycles. The fraction of sp³-hybridized carbons (Fsp3) is 0.478. The first kappa shape index (κ1) is 16.0. The largest absolute Gasteiger partial charge is 0.508 e. The van der Waals surface area contributed by atoms with E-state index in [-0.39, 0.29) is 5.41 Å². The van der Waals surface area contributed by atoms with E-state index in [0.29, 0.717) is 5.75 Å². The molecule has 0 atom stereocenters. The quantitative estimate of drug-likeness (QED) is 0.815. The lowest BCUT2D eigenvalue weighted by Gasteiger charge is -2.57. The first-order chi connectivity index (χ1) is 12.6. The van der Waals surface area contributed by atoms with E-state index in [2.05, 4.69) is 16.0 Å². The second-order valence-electron chi connectivity index (χ2n) is 8.77. The molecule has 1 N–H and O–H groups in total. The van der Waals surface area contributed by atoms with Gasteiger partial charge in [-0.25, -0.2) is 9.97 Å². The average Bonchev–Trinajstić information content (AvgIpc) is 2.62. The maximum atomic E-state index is 10.7. The molecule has 2 aromatic rings. The molecule has 134 valence electrons. The summed E-state index contributed by atoms with van der Waals surface area (Å²) in [6.45, 7) is 1.99. The van der Waals surface area contributed by atoms with Crippen molar-refractivity contribution in [2.45, 2.75) is 50.9 Å². The fourth-order valence-corrected chi connectivity index (χ4v) is 6.31. The van der Waals surface area contributed by atoms with Crippen LogP contribution < -0.4 is 0 Å². The van der Waals surface area contributed by atoms with E-state index in [4.69, 9.17) is 0 Å². The van der Waals surface area contributed by atoms with Crippen molar-refractivity contribution in [3.63, 3.8) is 0 Å². The van der Waals surface area contributed by atoms with Gasteiger partial charge in [-0.1, -0.05) is 12.2 Å². The predicted molar refractivity (Wildman–Crippen MR) is 104 cm³/mol. The van der Waals surface area contributed by atoms with Crippen LogP contribution in [-0.2, 0) is 5.41 Å². The molecule has 3 nitrogen and oxygen atoms in total. The lowest BCUT2D eigenvalue weighted by atomic mass is 9.48. The third-order valence-electron chi connectivity index (χ3n) is 6.90. The van der Waals surface area contributed by atoms with Crippen LogP contribution in [0.1, 0.15) is 56.6 Å². The zero-order valence-electron chi connectivity index (χ0n) is 15.4.